The van der Waals surface area contributed by atoms with E-state index in [1.54, 1.807) is 30.7 Å². The van der Waals surface area contributed by atoms with Crippen LogP contribution in [0.4, 0.5) is 17.7 Å². The lowest BCUT2D eigenvalue weighted by atomic mass is 10.1. The van der Waals surface area contributed by atoms with Crippen LogP contribution in [0.1, 0.15) is 18.5 Å². The van der Waals surface area contributed by atoms with E-state index in [0.717, 1.165) is 23.4 Å². The molecule has 3 aromatic rings. The zero-order valence-electron chi connectivity index (χ0n) is 13.4. The Balaban J connectivity index is 1.63. The molecule has 1 fully saturated rings. The number of nitrogens with two attached hydrogens (primary N) is 1. The predicted molar refractivity (Wildman–Crippen MR) is 96.4 cm³/mol. The van der Waals surface area contributed by atoms with E-state index < -0.39 is 0 Å². The minimum atomic E-state index is 0.289. The minimum absolute atomic E-state index is 0.289. The van der Waals surface area contributed by atoms with Gasteiger partial charge in [-0.05, 0) is 43.4 Å². The average molecular weight is 354 g/mol. The number of nitrogens with one attached hydrogen (secondary N) is 1. The molecule has 1 saturated carbocycles. The van der Waals surface area contributed by atoms with Crippen LogP contribution in [-0.2, 0) is 6.42 Å². The Morgan fingerprint density at radius 3 is 2.72 bits per heavy atom. The Morgan fingerprint density at radius 1 is 1.08 bits per heavy atom. The van der Waals surface area contributed by atoms with Gasteiger partial charge >= 0.3 is 0 Å². The first-order chi connectivity index (χ1) is 12.2. The van der Waals surface area contributed by atoms with Gasteiger partial charge in [-0.2, -0.15) is 0 Å². The van der Waals surface area contributed by atoms with Crippen LogP contribution in [0.5, 0.6) is 0 Å². The van der Waals surface area contributed by atoms with Gasteiger partial charge in [0.05, 0.1) is 16.4 Å². The second-order valence-corrected chi connectivity index (χ2v) is 6.42. The molecule has 3 heterocycles. The van der Waals surface area contributed by atoms with Crippen LogP contribution in [0.3, 0.4) is 0 Å². The predicted octanol–water partition coefficient (Wildman–Crippen LogP) is 3.26. The number of aromatic nitrogens is 5. The highest BCUT2D eigenvalue weighted by Crippen LogP contribution is 2.34. The van der Waals surface area contributed by atoms with Crippen molar-refractivity contribution < 1.29 is 0 Å². The highest BCUT2D eigenvalue weighted by Gasteiger charge is 2.24. The van der Waals surface area contributed by atoms with Gasteiger partial charge in [0, 0.05) is 24.2 Å². The second kappa shape index (κ2) is 6.60. The van der Waals surface area contributed by atoms with Crippen molar-refractivity contribution in [2.45, 2.75) is 19.3 Å². The molecule has 0 bridgehead atoms. The molecule has 0 unspecified atom stereocenters. The van der Waals surface area contributed by atoms with Crippen molar-refractivity contribution in [3.05, 3.63) is 47.5 Å². The molecule has 0 radical (unpaired) electrons. The number of hydrogen-bond acceptors (Lipinski definition) is 7. The zero-order chi connectivity index (χ0) is 17.2. The molecule has 0 amide bonds. The maximum atomic E-state index is 5.85. The molecule has 3 N–H and O–H groups in total. The molecule has 1 aliphatic rings. The van der Waals surface area contributed by atoms with Crippen LogP contribution in [0.15, 0.2) is 36.8 Å². The minimum Gasteiger partial charge on any atom is -0.368 e. The largest absolute Gasteiger partial charge is 0.368 e. The fraction of sp³-hybridized carbons (Fsp3) is 0.235. The third-order valence-corrected chi connectivity index (χ3v) is 4.19. The Hall–Kier alpha value is -2.80. The molecule has 0 saturated heterocycles. The lowest BCUT2D eigenvalue weighted by Crippen LogP contribution is -2.05. The quantitative estimate of drug-likeness (QED) is 0.725. The van der Waals surface area contributed by atoms with Gasteiger partial charge in [-0.3, -0.25) is 0 Å². The van der Waals surface area contributed by atoms with Crippen LogP contribution >= 0.6 is 11.6 Å². The van der Waals surface area contributed by atoms with Crippen molar-refractivity contribution in [2.75, 3.05) is 11.1 Å². The summed E-state index contributed by atoms with van der Waals surface area (Å²) in [7, 11) is 0. The molecule has 0 spiro atoms. The number of pyridine rings is 1. The standard InChI is InChI=1S/C17H16ClN7/c18-11-3-4-15(21-8-11)25-17-20-6-5-13(24-17)12-9-22-16(19)23-14(12)7-10-1-2-10/h3-6,8-10H,1-2,7H2,(H2,19,22,23)(H,20,21,24,25). The van der Waals surface area contributed by atoms with E-state index in [4.69, 9.17) is 17.3 Å². The zero-order valence-corrected chi connectivity index (χ0v) is 14.1. The summed E-state index contributed by atoms with van der Waals surface area (Å²) in [5.74, 6) is 2.04. The van der Waals surface area contributed by atoms with Crippen LogP contribution in [0.2, 0.25) is 5.02 Å². The fourth-order valence-electron chi connectivity index (χ4n) is 2.53. The van der Waals surface area contributed by atoms with Crippen molar-refractivity contribution in [2.24, 2.45) is 5.92 Å². The normalized spacial score (nSPS) is 13.6. The van der Waals surface area contributed by atoms with Crippen molar-refractivity contribution >= 4 is 29.3 Å². The summed E-state index contributed by atoms with van der Waals surface area (Å²) in [6.07, 6.45) is 8.36. The number of hydrogen-bond donors (Lipinski definition) is 2. The molecular formula is C17H16ClN7. The van der Waals surface area contributed by atoms with E-state index >= 15 is 0 Å². The Morgan fingerprint density at radius 2 is 1.96 bits per heavy atom. The van der Waals surface area contributed by atoms with E-state index in [-0.39, 0.29) is 5.95 Å². The van der Waals surface area contributed by atoms with E-state index in [1.807, 2.05) is 6.07 Å². The molecule has 0 atom stereocenters. The first-order valence-corrected chi connectivity index (χ1v) is 8.38. The molecular weight excluding hydrogens is 338 g/mol. The molecule has 25 heavy (non-hydrogen) atoms. The monoisotopic (exact) mass is 353 g/mol. The number of rotatable bonds is 5. The van der Waals surface area contributed by atoms with E-state index in [1.165, 1.54) is 12.8 Å². The number of nitrogen functional groups attached to an aromatic ring is 1. The van der Waals surface area contributed by atoms with Crippen molar-refractivity contribution in [1.29, 1.82) is 0 Å². The van der Waals surface area contributed by atoms with Gasteiger partial charge in [0.1, 0.15) is 5.82 Å². The van der Waals surface area contributed by atoms with Gasteiger partial charge in [-0.15, -0.1) is 0 Å². The van der Waals surface area contributed by atoms with Gasteiger partial charge in [0.2, 0.25) is 11.9 Å². The summed E-state index contributed by atoms with van der Waals surface area (Å²) in [6.45, 7) is 0. The van der Waals surface area contributed by atoms with Crippen LogP contribution in [0, 0.1) is 5.92 Å². The third kappa shape index (κ3) is 3.83. The Bertz CT molecular complexity index is 894. The summed E-state index contributed by atoms with van der Waals surface area (Å²) in [5, 5.41) is 3.64. The molecule has 4 rings (SSSR count). The van der Waals surface area contributed by atoms with E-state index in [2.05, 4.69) is 30.2 Å². The lowest BCUT2D eigenvalue weighted by Gasteiger charge is -2.09. The average Bonchev–Trinajstić information content (AvgIpc) is 3.41. The fourth-order valence-corrected chi connectivity index (χ4v) is 2.64. The molecule has 3 aromatic heterocycles. The van der Waals surface area contributed by atoms with Gasteiger partial charge in [-0.1, -0.05) is 11.6 Å². The lowest BCUT2D eigenvalue weighted by molar-refractivity contribution is 0.802. The Kier molecular flexibility index (Phi) is 4.15. The summed E-state index contributed by atoms with van der Waals surface area (Å²) in [6, 6.07) is 5.36. The van der Waals surface area contributed by atoms with Crippen molar-refractivity contribution in [3.63, 3.8) is 0 Å². The maximum Gasteiger partial charge on any atom is 0.228 e. The summed E-state index contributed by atoms with van der Waals surface area (Å²) < 4.78 is 0. The van der Waals surface area contributed by atoms with Gasteiger partial charge in [0.15, 0.2) is 0 Å². The van der Waals surface area contributed by atoms with Crippen molar-refractivity contribution in [3.8, 4) is 11.3 Å². The first-order valence-electron chi connectivity index (χ1n) is 8.01. The van der Waals surface area contributed by atoms with Crippen molar-refractivity contribution in [1.82, 2.24) is 24.9 Å². The summed E-state index contributed by atoms with van der Waals surface area (Å²) in [5.41, 5.74) is 8.33. The highest BCUT2D eigenvalue weighted by atomic mass is 35.5. The smallest absolute Gasteiger partial charge is 0.228 e. The molecule has 7 nitrogen and oxygen atoms in total. The second-order valence-electron chi connectivity index (χ2n) is 5.99. The van der Waals surface area contributed by atoms with Crippen LogP contribution < -0.4 is 11.1 Å². The third-order valence-electron chi connectivity index (χ3n) is 3.96. The van der Waals surface area contributed by atoms with E-state index in [0.29, 0.717) is 22.7 Å². The molecule has 0 aromatic carbocycles. The summed E-state index contributed by atoms with van der Waals surface area (Å²) >= 11 is 5.85. The first kappa shape index (κ1) is 15.7. The van der Waals surface area contributed by atoms with Crippen LogP contribution in [-0.4, -0.2) is 24.9 Å². The SMILES string of the molecule is Nc1ncc(-c2ccnc(Nc3ccc(Cl)cn3)n2)c(CC2CC2)n1. The highest BCUT2D eigenvalue weighted by molar-refractivity contribution is 6.30. The molecule has 0 aliphatic heterocycles. The van der Waals surface area contributed by atoms with Gasteiger partial charge in [-0.25, -0.2) is 24.9 Å². The van der Waals surface area contributed by atoms with Crippen LogP contribution in [0.25, 0.3) is 11.3 Å². The maximum absolute atomic E-state index is 5.85. The van der Waals surface area contributed by atoms with Gasteiger partial charge in [0.25, 0.3) is 0 Å². The number of nitrogens with zero attached hydrogens (tertiary/aromatic N) is 5. The molecule has 126 valence electrons. The van der Waals surface area contributed by atoms with Gasteiger partial charge < -0.3 is 11.1 Å². The molecule has 1 aliphatic carbocycles. The topological polar surface area (TPSA) is 102 Å². The number of anilines is 3. The Labute approximate surface area is 149 Å². The van der Waals surface area contributed by atoms with E-state index in [9.17, 15) is 0 Å². The summed E-state index contributed by atoms with van der Waals surface area (Å²) in [4.78, 5) is 21.5. The molecule has 8 heteroatoms. The number of halogens is 1.